The average Bonchev–Trinajstić information content (AvgIpc) is 3.29. The van der Waals surface area contributed by atoms with Crippen LogP contribution in [0, 0.1) is 0 Å². The summed E-state index contributed by atoms with van der Waals surface area (Å²) in [7, 11) is 0. The van der Waals surface area contributed by atoms with E-state index < -0.39 is 0 Å². The Morgan fingerprint density at radius 2 is 1.81 bits per heavy atom. The first-order valence-electron chi connectivity index (χ1n) is 10.3. The van der Waals surface area contributed by atoms with Crippen LogP contribution in [0.5, 0.6) is 5.75 Å². The zero-order chi connectivity index (χ0) is 22.2. The molecule has 2 N–H and O–H groups in total. The number of rotatable bonds is 4. The SMILES string of the molecule is O=C(c1ccc(Cl)c(O)c1)N1CCO[C@@H](CN2CCCC2)[C@@H]1c1ccccc1.O=CO. The van der Waals surface area contributed by atoms with Gasteiger partial charge in [0, 0.05) is 18.7 Å². The Hall–Kier alpha value is -2.61. The number of carboxylic acid groups (broad SMARTS) is 1. The Labute approximate surface area is 186 Å². The Balaban J connectivity index is 0.000000858. The van der Waals surface area contributed by atoms with E-state index in [1.807, 2.05) is 23.1 Å². The summed E-state index contributed by atoms with van der Waals surface area (Å²) >= 11 is 5.91. The molecule has 2 fully saturated rings. The maximum absolute atomic E-state index is 13.3. The molecule has 0 aliphatic carbocycles. The first-order valence-corrected chi connectivity index (χ1v) is 10.7. The molecule has 1 amide bonds. The van der Waals surface area contributed by atoms with Crippen molar-refractivity contribution in [3.63, 3.8) is 0 Å². The van der Waals surface area contributed by atoms with Crippen molar-refractivity contribution in [2.75, 3.05) is 32.8 Å². The molecular formula is C23H27ClN2O5. The van der Waals surface area contributed by atoms with Crippen molar-refractivity contribution in [3.05, 3.63) is 64.7 Å². The van der Waals surface area contributed by atoms with Crippen LogP contribution in [0.3, 0.4) is 0 Å². The number of halogens is 1. The number of hydrogen-bond acceptors (Lipinski definition) is 5. The van der Waals surface area contributed by atoms with Crippen LogP contribution in [0.1, 0.15) is 34.8 Å². The van der Waals surface area contributed by atoms with E-state index in [1.54, 1.807) is 12.1 Å². The summed E-state index contributed by atoms with van der Waals surface area (Å²) in [5, 5.41) is 17.1. The Morgan fingerprint density at radius 1 is 1.13 bits per heavy atom. The van der Waals surface area contributed by atoms with Gasteiger partial charge in [-0.15, -0.1) is 0 Å². The fraction of sp³-hybridized carbons (Fsp3) is 0.391. The van der Waals surface area contributed by atoms with E-state index in [0.29, 0.717) is 18.7 Å². The van der Waals surface area contributed by atoms with Crippen LogP contribution in [0.4, 0.5) is 0 Å². The number of hydrogen-bond donors (Lipinski definition) is 2. The second kappa shape index (κ2) is 11.1. The number of nitrogens with zero attached hydrogens (tertiary/aromatic N) is 2. The van der Waals surface area contributed by atoms with Crippen LogP contribution in [0.15, 0.2) is 48.5 Å². The van der Waals surface area contributed by atoms with Gasteiger partial charge in [0.2, 0.25) is 0 Å². The number of morpholine rings is 1. The number of phenols is 1. The van der Waals surface area contributed by atoms with Gasteiger partial charge in [0.1, 0.15) is 5.75 Å². The smallest absolute Gasteiger partial charge is 0.290 e. The standard InChI is InChI=1S/C22H25ClN2O3.CH2O2/c23-18-9-8-17(14-19(18)26)22(27)25-12-13-28-20(15-24-10-4-5-11-24)21(25)16-6-2-1-3-7-16;2-1-3/h1-3,6-9,14,20-21,26H,4-5,10-13,15H2;1H,(H,2,3)/t20-,21-;/m0./s1. The number of carbonyl (C=O) groups is 2. The first kappa shape index (κ1) is 23.1. The molecule has 0 saturated carbocycles. The maximum atomic E-state index is 13.3. The highest BCUT2D eigenvalue weighted by molar-refractivity contribution is 6.32. The van der Waals surface area contributed by atoms with Gasteiger partial charge in [-0.05, 0) is 49.7 Å². The van der Waals surface area contributed by atoms with Gasteiger partial charge in [0.25, 0.3) is 12.4 Å². The third-order valence-electron chi connectivity index (χ3n) is 5.58. The number of phenolic OH excluding ortho intramolecular Hbond substituents is 1. The molecule has 2 saturated heterocycles. The second-order valence-electron chi connectivity index (χ2n) is 7.54. The highest BCUT2D eigenvalue weighted by Crippen LogP contribution is 2.33. The number of carbonyl (C=O) groups excluding carboxylic acids is 1. The van der Waals surface area contributed by atoms with Gasteiger partial charge < -0.3 is 24.7 Å². The molecule has 166 valence electrons. The summed E-state index contributed by atoms with van der Waals surface area (Å²) in [5.74, 6) is -0.193. The van der Waals surface area contributed by atoms with Crippen molar-refractivity contribution in [1.82, 2.24) is 9.80 Å². The summed E-state index contributed by atoms with van der Waals surface area (Å²) in [6.45, 7) is 3.75. The number of aromatic hydroxyl groups is 1. The monoisotopic (exact) mass is 446 g/mol. The van der Waals surface area contributed by atoms with Crippen molar-refractivity contribution in [3.8, 4) is 5.75 Å². The van der Waals surface area contributed by atoms with Crippen LogP contribution < -0.4 is 0 Å². The second-order valence-corrected chi connectivity index (χ2v) is 7.95. The number of likely N-dealkylation sites (tertiary alicyclic amines) is 1. The van der Waals surface area contributed by atoms with Crippen molar-refractivity contribution < 1.29 is 24.5 Å². The number of amides is 1. The normalized spacial score (nSPS) is 21.3. The minimum Gasteiger partial charge on any atom is -0.506 e. The van der Waals surface area contributed by atoms with Crippen LogP contribution in [0.2, 0.25) is 5.02 Å². The topological polar surface area (TPSA) is 90.3 Å². The zero-order valence-corrected chi connectivity index (χ0v) is 17.9. The quantitative estimate of drug-likeness (QED) is 0.699. The highest BCUT2D eigenvalue weighted by atomic mass is 35.5. The minimum absolute atomic E-state index is 0.0781. The van der Waals surface area contributed by atoms with Gasteiger partial charge in [0.15, 0.2) is 0 Å². The molecule has 7 nitrogen and oxygen atoms in total. The van der Waals surface area contributed by atoms with Gasteiger partial charge in [0.05, 0.1) is 23.8 Å². The largest absolute Gasteiger partial charge is 0.506 e. The summed E-state index contributed by atoms with van der Waals surface area (Å²) in [5.41, 5.74) is 1.50. The predicted octanol–water partition coefficient (Wildman–Crippen LogP) is 3.42. The van der Waals surface area contributed by atoms with Crippen LogP contribution in [-0.2, 0) is 9.53 Å². The van der Waals surface area contributed by atoms with Gasteiger partial charge in [-0.2, -0.15) is 0 Å². The molecule has 2 aromatic rings. The van der Waals surface area contributed by atoms with Crippen molar-refractivity contribution in [1.29, 1.82) is 0 Å². The van der Waals surface area contributed by atoms with E-state index in [2.05, 4.69) is 17.0 Å². The maximum Gasteiger partial charge on any atom is 0.290 e. The first-order chi connectivity index (χ1) is 15.0. The molecule has 2 aliphatic rings. The van der Waals surface area contributed by atoms with Gasteiger partial charge >= 0.3 is 0 Å². The summed E-state index contributed by atoms with van der Waals surface area (Å²) in [6, 6.07) is 14.6. The zero-order valence-electron chi connectivity index (χ0n) is 17.2. The molecule has 2 heterocycles. The molecule has 0 unspecified atom stereocenters. The lowest BCUT2D eigenvalue weighted by Gasteiger charge is -2.42. The lowest BCUT2D eigenvalue weighted by Crippen LogP contribution is -2.51. The molecule has 2 aromatic carbocycles. The fourth-order valence-electron chi connectivity index (χ4n) is 4.19. The Morgan fingerprint density at radius 3 is 2.45 bits per heavy atom. The number of benzene rings is 2. The molecule has 2 atom stereocenters. The number of ether oxygens (including phenoxy) is 1. The molecule has 31 heavy (non-hydrogen) atoms. The summed E-state index contributed by atoms with van der Waals surface area (Å²) in [6.07, 6.45) is 2.35. The van der Waals surface area contributed by atoms with Crippen molar-refractivity contribution in [2.45, 2.75) is 25.0 Å². The van der Waals surface area contributed by atoms with Crippen LogP contribution in [-0.4, -0.2) is 71.3 Å². The van der Waals surface area contributed by atoms with Gasteiger partial charge in [-0.25, -0.2) is 0 Å². The molecule has 2 aliphatic heterocycles. The third-order valence-corrected chi connectivity index (χ3v) is 5.90. The van der Waals surface area contributed by atoms with Gasteiger partial charge in [-0.3, -0.25) is 9.59 Å². The van der Waals surface area contributed by atoms with Gasteiger partial charge in [-0.1, -0.05) is 41.9 Å². The molecule has 0 bridgehead atoms. The Kier molecular flexibility index (Phi) is 8.28. The third kappa shape index (κ3) is 5.76. The fourth-order valence-corrected chi connectivity index (χ4v) is 4.31. The summed E-state index contributed by atoms with van der Waals surface area (Å²) in [4.78, 5) is 26.0. The summed E-state index contributed by atoms with van der Waals surface area (Å²) < 4.78 is 6.16. The van der Waals surface area contributed by atoms with E-state index in [4.69, 9.17) is 26.2 Å². The molecule has 4 rings (SSSR count). The van der Waals surface area contributed by atoms with E-state index >= 15 is 0 Å². The molecule has 8 heteroatoms. The van der Waals surface area contributed by atoms with E-state index in [-0.39, 0.29) is 35.3 Å². The molecule has 0 spiro atoms. The van der Waals surface area contributed by atoms with Crippen molar-refractivity contribution in [2.24, 2.45) is 0 Å². The lowest BCUT2D eigenvalue weighted by molar-refractivity contribution is -0.122. The predicted molar refractivity (Wildman–Crippen MR) is 117 cm³/mol. The highest BCUT2D eigenvalue weighted by Gasteiger charge is 2.38. The van der Waals surface area contributed by atoms with E-state index in [1.165, 1.54) is 18.9 Å². The van der Waals surface area contributed by atoms with E-state index in [9.17, 15) is 9.90 Å². The molecule has 0 radical (unpaired) electrons. The van der Waals surface area contributed by atoms with Crippen molar-refractivity contribution >= 4 is 24.0 Å². The minimum atomic E-state index is -0.250. The van der Waals surface area contributed by atoms with Crippen LogP contribution in [0.25, 0.3) is 0 Å². The average molecular weight is 447 g/mol. The molecular weight excluding hydrogens is 420 g/mol. The van der Waals surface area contributed by atoms with E-state index in [0.717, 1.165) is 25.2 Å². The lowest BCUT2D eigenvalue weighted by atomic mass is 9.96. The molecule has 0 aromatic heterocycles. The van der Waals surface area contributed by atoms with Crippen LogP contribution >= 0.6 is 11.6 Å². The Bertz CT molecular complexity index is 874.